The van der Waals surface area contributed by atoms with Crippen LogP contribution in [0.3, 0.4) is 0 Å². The van der Waals surface area contributed by atoms with E-state index in [2.05, 4.69) is 106 Å². The van der Waals surface area contributed by atoms with Gasteiger partial charge in [0.1, 0.15) is 13.2 Å². The predicted molar refractivity (Wildman–Crippen MR) is 261 cm³/mol. The molecular formula is C55H92O6. The molecule has 0 heterocycles. The smallest absolute Gasteiger partial charge is 0.306 e. The molecule has 61 heavy (non-hydrogen) atoms. The highest BCUT2D eigenvalue weighted by atomic mass is 16.6. The van der Waals surface area contributed by atoms with Crippen LogP contribution < -0.4 is 0 Å². The first-order valence-electron chi connectivity index (χ1n) is 25.1. The first-order valence-corrected chi connectivity index (χ1v) is 25.1. The van der Waals surface area contributed by atoms with Gasteiger partial charge < -0.3 is 14.2 Å². The zero-order valence-corrected chi connectivity index (χ0v) is 39.7. The van der Waals surface area contributed by atoms with Gasteiger partial charge in [0.05, 0.1) is 0 Å². The van der Waals surface area contributed by atoms with Crippen LogP contribution in [-0.2, 0) is 28.6 Å². The number of carbonyl (C=O) groups excluding carboxylic acids is 3. The van der Waals surface area contributed by atoms with Gasteiger partial charge in [0.25, 0.3) is 0 Å². The Labute approximate surface area is 375 Å². The molecule has 0 spiro atoms. The molecule has 6 nitrogen and oxygen atoms in total. The Morgan fingerprint density at radius 1 is 0.344 bits per heavy atom. The molecule has 0 aromatic carbocycles. The first-order chi connectivity index (χ1) is 30.0. The standard InChI is InChI=1S/C55H92O6/c1-4-7-10-13-16-19-22-24-26-27-29-30-33-36-39-42-45-48-54(57)60-51-52(50-59-53(56)47-44-41-38-35-32-21-18-15-12-9-6-3)61-55(58)49-46-43-40-37-34-31-28-25-23-20-17-14-11-8-5-2/h7,10,15-20,24-26,28-30,52H,4-6,8-9,11-14,21-23,27,31-51H2,1-3H3/b10-7-,18-15-,19-16-,20-17-,26-24-,28-25-,30-29-. The van der Waals surface area contributed by atoms with Gasteiger partial charge in [-0.3, -0.25) is 14.4 Å². The van der Waals surface area contributed by atoms with Crippen LogP contribution in [0, 0.1) is 0 Å². The fourth-order valence-electron chi connectivity index (χ4n) is 6.56. The predicted octanol–water partition coefficient (Wildman–Crippen LogP) is 16.4. The molecule has 0 aromatic rings. The van der Waals surface area contributed by atoms with E-state index in [9.17, 15) is 14.4 Å². The lowest BCUT2D eigenvalue weighted by atomic mass is 10.1. The highest BCUT2D eigenvalue weighted by Gasteiger charge is 2.19. The Hall–Kier alpha value is -3.41. The minimum atomic E-state index is -0.796. The molecule has 0 saturated heterocycles. The van der Waals surface area contributed by atoms with Crippen LogP contribution in [0.1, 0.15) is 226 Å². The number of hydrogen-bond donors (Lipinski definition) is 0. The molecule has 0 amide bonds. The van der Waals surface area contributed by atoms with Crippen molar-refractivity contribution in [1.82, 2.24) is 0 Å². The van der Waals surface area contributed by atoms with E-state index in [4.69, 9.17) is 14.2 Å². The van der Waals surface area contributed by atoms with Crippen molar-refractivity contribution in [2.75, 3.05) is 13.2 Å². The van der Waals surface area contributed by atoms with Crippen LogP contribution in [0.25, 0.3) is 0 Å². The molecule has 0 aliphatic carbocycles. The van der Waals surface area contributed by atoms with Gasteiger partial charge in [0.15, 0.2) is 6.10 Å². The van der Waals surface area contributed by atoms with Crippen molar-refractivity contribution in [3.8, 4) is 0 Å². The van der Waals surface area contributed by atoms with Gasteiger partial charge in [-0.1, -0.05) is 183 Å². The summed E-state index contributed by atoms with van der Waals surface area (Å²) in [6.07, 6.45) is 62.7. The second-order valence-electron chi connectivity index (χ2n) is 16.3. The second kappa shape index (κ2) is 49.2. The summed E-state index contributed by atoms with van der Waals surface area (Å²) in [6, 6.07) is 0. The number of allylic oxidation sites excluding steroid dienone is 14. The van der Waals surface area contributed by atoms with Crippen molar-refractivity contribution in [2.24, 2.45) is 0 Å². The van der Waals surface area contributed by atoms with Crippen LogP contribution in [0.5, 0.6) is 0 Å². The third kappa shape index (κ3) is 47.5. The van der Waals surface area contributed by atoms with E-state index in [-0.39, 0.29) is 31.1 Å². The molecule has 0 radical (unpaired) electrons. The van der Waals surface area contributed by atoms with Crippen LogP contribution in [-0.4, -0.2) is 37.2 Å². The van der Waals surface area contributed by atoms with Crippen molar-refractivity contribution >= 4 is 17.9 Å². The van der Waals surface area contributed by atoms with Crippen molar-refractivity contribution < 1.29 is 28.6 Å². The SMILES string of the molecule is CC/C=C\C/C=C\C/C=C\C/C=C\CCCCCCC(=O)OCC(COC(=O)CCCCCCC/C=C\CCCC)OC(=O)CCCCCCC/C=C\C/C=C\CCCCC. The average Bonchev–Trinajstić information content (AvgIpc) is 3.26. The third-order valence-corrected chi connectivity index (χ3v) is 10.4. The Morgan fingerprint density at radius 2 is 0.656 bits per heavy atom. The van der Waals surface area contributed by atoms with E-state index >= 15 is 0 Å². The molecule has 0 aliphatic heterocycles. The summed E-state index contributed by atoms with van der Waals surface area (Å²) in [5.41, 5.74) is 0. The van der Waals surface area contributed by atoms with Gasteiger partial charge in [-0.25, -0.2) is 0 Å². The molecule has 6 heteroatoms. The highest BCUT2D eigenvalue weighted by Crippen LogP contribution is 2.13. The van der Waals surface area contributed by atoms with Gasteiger partial charge in [-0.05, 0) is 109 Å². The number of carbonyl (C=O) groups is 3. The summed E-state index contributed by atoms with van der Waals surface area (Å²) in [5.74, 6) is -0.946. The van der Waals surface area contributed by atoms with E-state index in [0.29, 0.717) is 19.3 Å². The number of unbranched alkanes of at least 4 members (excludes halogenated alkanes) is 19. The van der Waals surface area contributed by atoms with Crippen molar-refractivity contribution in [3.63, 3.8) is 0 Å². The second-order valence-corrected chi connectivity index (χ2v) is 16.3. The summed E-state index contributed by atoms with van der Waals surface area (Å²) in [7, 11) is 0. The minimum absolute atomic E-state index is 0.0956. The van der Waals surface area contributed by atoms with Crippen LogP contribution >= 0.6 is 0 Å². The van der Waals surface area contributed by atoms with Crippen LogP contribution in [0.4, 0.5) is 0 Å². The first kappa shape index (κ1) is 57.6. The highest BCUT2D eigenvalue weighted by molar-refractivity contribution is 5.71. The monoisotopic (exact) mass is 849 g/mol. The van der Waals surface area contributed by atoms with E-state index in [1.165, 1.54) is 51.4 Å². The van der Waals surface area contributed by atoms with Gasteiger partial charge in [-0.2, -0.15) is 0 Å². The molecule has 0 N–H and O–H groups in total. The lowest BCUT2D eigenvalue weighted by Crippen LogP contribution is -2.30. The van der Waals surface area contributed by atoms with E-state index < -0.39 is 6.10 Å². The molecule has 1 atom stereocenters. The fourth-order valence-corrected chi connectivity index (χ4v) is 6.56. The molecule has 0 saturated carbocycles. The maximum Gasteiger partial charge on any atom is 0.306 e. The summed E-state index contributed by atoms with van der Waals surface area (Å²) >= 11 is 0. The van der Waals surface area contributed by atoms with Crippen molar-refractivity contribution in [2.45, 2.75) is 232 Å². The quantitative estimate of drug-likeness (QED) is 0.0263. The molecule has 348 valence electrons. The molecule has 0 fully saturated rings. The Morgan fingerprint density at radius 3 is 1.07 bits per heavy atom. The van der Waals surface area contributed by atoms with E-state index in [1.54, 1.807) is 0 Å². The summed E-state index contributed by atoms with van der Waals surface area (Å²) in [5, 5.41) is 0. The zero-order chi connectivity index (χ0) is 44.4. The van der Waals surface area contributed by atoms with E-state index in [1.807, 2.05) is 0 Å². The molecule has 0 aromatic heterocycles. The van der Waals surface area contributed by atoms with Gasteiger partial charge >= 0.3 is 17.9 Å². The van der Waals surface area contributed by atoms with Gasteiger partial charge in [0, 0.05) is 19.3 Å². The maximum absolute atomic E-state index is 12.8. The maximum atomic E-state index is 12.8. The Balaban J connectivity index is 4.46. The summed E-state index contributed by atoms with van der Waals surface area (Å²) < 4.78 is 16.7. The van der Waals surface area contributed by atoms with Crippen molar-refractivity contribution in [1.29, 1.82) is 0 Å². The molecule has 1 unspecified atom stereocenters. The molecular weight excluding hydrogens is 757 g/mol. The lowest BCUT2D eigenvalue weighted by molar-refractivity contribution is -0.167. The Kier molecular flexibility index (Phi) is 46.5. The van der Waals surface area contributed by atoms with Crippen LogP contribution in [0.15, 0.2) is 85.1 Å². The lowest BCUT2D eigenvalue weighted by Gasteiger charge is -2.18. The number of ether oxygens (including phenoxy) is 3. The fraction of sp³-hybridized carbons (Fsp3) is 0.691. The molecule has 0 bridgehead atoms. The topological polar surface area (TPSA) is 78.9 Å². The number of esters is 3. The number of rotatable bonds is 44. The zero-order valence-electron chi connectivity index (χ0n) is 39.7. The minimum Gasteiger partial charge on any atom is -0.462 e. The summed E-state index contributed by atoms with van der Waals surface area (Å²) in [4.78, 5) is 37.9. The molecule has 0 rings (SSSR count). The average molecular weight is 849 g/mol. The van der Waals surface area contributed by atoms with Gasteiger partial charge in [-0.15, -0.1) is 0 Å². The molecule has 0 aliphatic rings. The Bertz CT molecular complexity index is 1200. The van der Waals surface area contributed by atoms with Crippen LogP contribution in [0.2, 0.25) is 0 Å². The van der Waals surface area contributed by atoms with Crippen molar-refractivity contribution in [3.05, 3.63) is 85.1 Å². The largest absolute Gasteiger partial charge is 0.462 e. The third-order valence-electron chi connectivity index (χ3n) is 10.4. The normalized spacial score (nSPS) is 12.8. The van der Waals surface area contributed by atoms with Gasteiger partial charge in [0.2, 0.25) is 0 Å². The van der Waals surface area contributed by atoms with E-state index in [0.717, 1.165) is 135 Å². The summed E-state index contributed by atoms with van der Waals surface area (Å²) in [6.45, 7) is 6.41. The number of hydrogen-bond acceptors (Lipinski definition) is 6.